The normalized spacial score (nSPS) is 36.2. The van der Waals surface area contributed by atoms with Gasteiger partial charge in [0.25, 0.3) is 0 Å². The van der Waals surface area contributed by atoms with Crippen LogP contribution in [-0.2, 0) is 0 Å². The summed E-state index contributed by atoms with van der Waals surface area (Å²) in [5.41, 5.74) is 0. The van der Waals surface area contributed by atoms with Crippen molar-refractivity contribution in [2.45, 2.75) is 18.9 Å². The molecule has 2 aliphatic rings. The zero-order chi connectivity index (χ0) is 6.97. The maximum Gasteiger partial charge on any atom is 0.185 e. The second kappa shape index (κ2) is 2.55. The van der Waals surface area contributed by atoms with Gasteiger partial charge in [-0.15, -0.1) is 0 Å². The molecule has 0 aliphatic carbocycles. The van der Waals surface area contributed by atoms with E-state index in [9.17, 15) is 0 Å². The minimum Gasteiger partial charge on any atom is -0.346 e. The fourth-order valence-corrected chi connectivity index (χ4v) is 2.15. The molecule has 1 atom stereocenters. The third-order valence-corrected chi connectivity index (χ3v) is 2.79. The zero-order valence-electron chi connectivity index (χ0n) is 6.71. The van der Waals surface area contributed by atoms with Crippen molar-refractivity contribution in [1.29, 1.82) is 0 Å². The molecule has 2 fully saturated rings. The number of nitrogens with zero attached hydrogens (tertiary/aromatic N) is 2. The van der Waals surface area contributed by atoms with Gasteiger partial charge in [0, 0.05) is 19.1 Å². The second-order valence-electron chi connectivity index (χ2n) is 3.59. The molecule has 56 valence electrons. The monoisotopic (exact) mass is 138 g/mol. The van der Waals surface area contributed by atoms with Crippen LogP contribution in [0.4, 0.5) is 0 Å². The molecule has 0 unspecified atom stereocenters. The molecule has 0 aromatic rings. The Hall–Kier alpha value is -0.0151. The van der Waals surface area contributed by atoms with Crippen molar-refractivity contribution < 1.29 is 0 Å². The summed E-state index contributed by atoms with van der Waals surface area (Å²) in [4.78, 5) is 5.09. The molecule has 0 N–H and O–H groups in total. The lowest BCUT2D eigenvalue weighted by atomic mass is 10.1. The van der Waals surface area contributed by atoms with Crippen LogP contribution in [0.25, 0.3) is 0 Å². The third kappa shape index (κ3) is 1.08. The summed E-state index contributed by atoms with van der Waals surface area (Å²) in [5.74, 6) is 0. The van der Waals surface area contributed by atoms with Gasteiger partial charge in [0.05, 0.1) is 0 Å². The standard InChI is InChI=1S/C7H15BN2/c8-10-5-4-9-3-1-2-7(9)6-10/h7H,1-6,8H2/t7-/m1/s1. The SMILES string of the molecule is BN1CCN2CCC[C@@H]2C1. The van der Waals surface area contributed by atoms with Crippen LogP contribution < -0.4 is 0 Å². The molecule has 0 aromatic carbocycles. The Morgan fingerprint density at radius 2 is 2.10 bits per heavy atom. The van der Waals surface area contributed by atoms with E-state index in [1.165, 1.54) is 39.0 Å². The topological polar surface area (TPSA) is 6.48 Å². The molecule has 2 heterocycles. The number of rotatable bonds is 0. The first-order valence-corrected chi connectivity index (χ1v) is 4.29. The van der Waals surface area contributed by atoms with Crippen LogP contribution in [0.15, 0.2) is 0 Å². The fourth-order valence-electron chi connectivity index (χ4n) is 2.15. The molecule has 2 nitrogen and oxygen atoms in total. The van der Waals surface area contributed by atoms with E-state index in [1.54, 1.807) is 0 Å². The van der Waals surface area contributed by atoms with E-state index in [0.29, 0.717) is 0 Å². The second-order valence-corrected chi connectivity index (χ2v) is 3.59. The average molecular weight is 138 g/mol. The van der Waals surface area contributed by atoms with Crippen LogP contribution >= 0.6 is 0 Å². The quantitative estimate of drug-likeness (QED) is 0.409. The summed E-state index contributed by atoms with van der Waals surface area (Å²) in [5, 5.41) is 0. The van der Waals surface area contributed by atoms with E-state index in [2.05, 4.69) is 17.7 Å². The maximum absolute atomic E-state index is 2.64. The van der Waals surface area contributed by atoms with Gasteiger partial charge in [-0.2, -0.15) is 0 Å². The van der Waals surface area contributed by atoms with Crippen molar-refractivity contribution in [3.63, 3.8) is 0 Å². The zero-order valence-corrected chi connectivity index (χ0v) is 6.71. The maximum atomic E-state index is 2.64. The van der Waals surface area contributed by atoms with Crippen LogP contribution in [0.2, 0.25) is 0 Å². The first-order valence-electron chi connectivity index (χ1n) is 4.29. The molecular weight excluding hydrogens is 123 g/mol. The molecule has 2 aliphatic heterocycles. The van der Waals surface area contributed by atoms with Crippen molar-refractivity contribution in [2.24, 2.45) is 0 Å². The summed E-state index contributed by atoms with van der Waals surface area (Å²) in [7, 11) is 2.23. The number of fused-ring (bicyclic) bond motifs is 1. The minimum atomic E-state index is 0.902. The lowest BCUT2D eigenvalue weighted by molar-refractivity contribution is 0.161. The molecule has 0 amide bonds. The van der Waals surface area contributed by atoms with E-state index >= 15 is 0 Å². The average Bonchev–Trinajstić information content (AvgIpc) is 2.33. The Morgan fingerprint density at radius 3 is 3.00 bits per heavy atom. The molecule has 0 radical (unpaired) electrons. The van der Waals surface area contributed by atoms with Crippen molar-refractivity contribution >= 4 is 7.98 Å². The van der Waals surface area contributed by atoms with E-state index < -0.39 is 0 Å². The van der Waals surface area contributed by atoms with Crippen molar-refractivity contribution in [3.05, 3.63) is 0 Å². The van der Waals surface area contributed by atoms with Gasteiger partial charge in [0.2, 0.25) is 0 Å². The van der Waals surface area contributed by atoms with Gasteiger partial charge in [0.1, 0.15) is 0 Å². The molecular formula is C7H15BN2. The van der Waals surface area contributed by atoms with Crippen LogP contribution in [0.5, 0.6) is 0 Å². The molecule has 0 bridgehead atoms. The molecule has 2 saturated heterocycles. The number of hydrogen-bond donors (Lipinski definition) is 0. The predicted octanol–water partition coefficient (Wildman–Crippen LogP) is -0.685. The smallest absolute Gasteiger partial charge is 0.185 e. The molecule has 0 spiro atoms. The Kier molecular flexibility index (Phi) is 1.70. The first kappa shape index (κ1) is 6.68. The highest BCUT2D eigenvalue weighted by atomic mass is 15.3. The third-order valence-electron chi connectivity index (χ3n) is 2.79. The number of piperazine rings is 1. The van der Waals surface area contributed by atoms with E-state index in [1.807, 2.05) is 0 Å². The Bertz CT molecular complexity index is 129. The van der Waals surface area contributed by atoms with Gasteiger partial charge in [0.15, 0.2) is 7.98 Å². The van der Waals surface area contributed by atoms with Crippen molar-refractivity contribution in [3.8, 4) is 0 Å². The van der Waals surface area contributed by atoms with Crippen molar-refractivity contribution in [1.82, 2.24) is 9.71 Å². The van der Waals surface area contributed by atoms with Gasteiger partial charge in [-0.1, -0.05) is 0 Å². The Labute approximate surface area is 63.6 Å². The van der Waals surface area contributed by atoms with Crippen LogP contribution in [0.1, 0.15) is 12.8 Å². The summed E-state index contributed by atoms with van der Waals surface area (Å²) in [6.45, 7) is 5.25. The fraction of sp³-hybridized carbons (Fsp3) is 1.00. The number of hydrogen-bond acceptors (Lipinski definition) is 2. The van der Waals surface area contributed by atoms with Gasteiger partial charge < -0.3 is 4.81 Å². The van der Waals surface area contributed by atoms with Crippen molar-refractivity contribution in [2.75, 3.05) is 26.2 Å². The highest BCUT2D eigenvalue weighted by molar-refractivity contribution is 6.04. The van der Waals surface area contributed by atoms with Gasteiger partial charge >= 0.3 is 0 Å². The summed E-state index contributed by atoms with van der Waals surface area (Å²) in [6.07, 6.45) is 2.86. The van der Waals surface area contributed by atoms with E-state index in [4.69, 9.17) is 0 Å². The molecule has 0 aromatic heterocycles. The summed E-state index contributed by atoms with van der Waals surface area (Å²) in [6, 6.07) is 0.902. The first-order chi connectivity index (χ1) is 4.86. The van der Waals surface area contributed by atoms with Crippen LogP contribution in [0, 0.1) is 0 Å². The van der Waals surface area contributed by atoms with E-state index in [0.717, 1.165) is 6.04 Å². The van der Waals surface area contributed by atoms with Gasteiger partial charge in [-0.3, -0.25) is 4.90 Å². The van der Waals surface area contributed by atoms with E-state index in [-0.39, 0.29) is 0 Å². The Balaban J connectivity index is 1.96. The highest BCUT2D eigenvalue weighted by Crippen LogP contribution is 2.19. The van der Waals surface area contributed by atoms with Gasteiger partial charge in [-0.25, -0.2) is 0 Å². The lowest BCUT2D eigenvalue weighted by Gasteiger charge is -2.35. The molecule has 10 heavy (non-hydrogen) atoms. The predicted molar refractivity (Wildman–Crippen MR) is 44.7 cm³/mol. The molecule has 0 saturated carbocycles. The van der Waals surface area contributed by atoms with Gasteiger partial charge in [-0.05, 0) is 25.9 Å². The molecule has 3 heteroatoms. The largest absolute Gasteiger partial charge is 0.346 e. The summed E-state index contributed by atoms with van der Waals surface area (Å²) >= 11 is 0. The lowest BCUT2D eigenvalue weighted by Crippen LogP contribution is -2.48. The van der Waals surface area contributed by atoms with Crippen LogP contribution in [-0.4, -0.2) is 49.9 Å². The Morgan fingerprint density at radius 1 is 1.20 bits per heavy atom. The molecule has 2 rings (SSSR count). The minimum absolute atomic E-state index is 0.902. The highest BCUT2D eigenvalue weighted by Gasteiger charge is 2.28. The van der Waals surface area contributed by atoms with Crippen LogP contribution in [0.3, 0.4) is 0 Å². The summed E-state index contributed by atoms with van der Waals surface area (Å²) < 4.78 is 0.